The van der Waals surface area contributed by atoms with Crippen LogP contribution in [0.3, 0.4) is 0 Å². The normalized spacial score (nSPS) is 19.6. The van der Waals surface area contributed by atoms with Crippen molar-refractivity contribution in [2.45, 2.75) is 6.92 Å². The van der Waals surface area contributed by atoms with E-state index in [2.05, 4.69) is 0 Å². The Hall–Kier alpha value is -2.04. The number of nitrogens with zero attached hydrogens (tertiary/aromatic N) is 1. The number of cyclic esters (lactones) is 1. The number of hydrogen-bond donors (Lipinski definition) is 1. The summed E-state index contributed by atoms with van der Waals surface area (Å²) < 4.78 is 4.73. The number of ketones is 1. The minimum atomic E-state index is -0.828. The van der Waals surface area contributed by atoms with Gasteiger partial charge in [-0.25, -0.2) is 4.79 Å². The van der Waals surface area contributed by atoms with Gasteiger partial charge in [0.25, 0.3) is 0 Å². The molecule has 5 nitrogen and oxygen atoms in total. The van der Waals surface area contributed by atoms with Crippen molar-refractivity contribution in [2.75, 3.05) is 14.1 Å². The summed E-state index contributed by atoms with van der Waals surface area (Å²) >= 11 is 0. The van der Waals surface area contributed by atoms with Gasteiger partial charge < -0.3 is 14.7 Å². The molecule has 0 aromatic carbocycles. The molecule has 5 heteroatoms. The zero-order valence-corrected chi connectivity index (χ0v) is 9.35. The molecule has 0 aliphatic carbocycles. The number of aliphatic hydroxyl groups is 1. The third-order valence-electron chi connectivity index (χ3n) is 1.83. The van der Waals surface area contributed by atoms with Crippen LogP contribution >= 0.6 is 0 Å². The van der Waals surface area contributed by atoms with Gasteiger partial charge in [0.05, 0.1) is 0 Å². The number of carbonyl (C=O) groups excluding carboxylic acids is 2. The SMILES string of the molecule is CC1=CC(=O)C(=C(O)C=CN(C)C)C(=O)O1. The number of esters is 1. The molecule has 1 rings (SSSR count). The van der Waals surface area contributed by atoms with Crippen LogP contribution in [0.25, 0.3) is 0 Å². The molecule has 1 aliphatic rings. The van der Waals surface area contributed by atoms with Crippen LogP contribution in [0, 0.1) is 0 Å². The standard InChI is InChI=1S/C11H13NO4/c1-7-6-9(14)10(11(15)16-7)8(13)4-5-12(2)3/h4-6,13H,1-3H3. The van der Waals surface area contributed by atoms with Gasteiger partial charge in [0.2, 0.25) is 0 Å². The van der Waals surface area contributed by atoms with E-state index in [0.29, 0.717) is 0 Å². The first kappa shape index (κ1) is 12.0. The minimum absolute atomic E-state index is 0.225. The molecule has 1 heterocycles. The van der Waals surface area contributed by atoms with E-state index in [1.54, 1.807) is 19.0 Å². The van der Waals surface area contributed by atoms with E-state index in [-0.39, 0.29) is 11.3 Å². The molecule has 0 aromatic heterocycles. The van der Waals surface area contributed by atoms with Gasteiger partial charge >= 0.3 is 5.97 Å². The summed E-state index contributed by atoms with van der Waals surface area (Å²) in [4.78, 5) is 24.5. The Balaban J connectivity index is 3.07. The molecule has 86 valence electrons. The van der Waals surface area contributed by atoms with Crippen molar-refractivity contribution in [3.05, 3.63) is 35.4 Å². The molecule has 0 unspecified atom stereocenters. The number of aliphatic hydroxyl groups excluding tert-OH is 1. The Bertz CT molecular complexity index is 416. The third-order valence-corrected chi connectivity index (χ3v) is 1.83. The summed E-state index contributed by atoms with van der Waals surface area (Å²) in [6.07, 6.45) is 3.95. The molecule has 0 bridgehead atoms. The van der Waals surface area contributed by atoms with Crippen molar-refractivity contribution in [3.63, 3.8) is 0 Å². The number of allylic oxidation sites excluding steroid dienone is 3. The van der Waals surface area contributed by atoms with Crippen molar-refractivity contribution in [3.8, 4) is 0 Å². The van der Waals surface area contributed by atoms with Crippen molar-refractivity contribution in [2.24, 2.45) is 0 Å². The first-order valence-corrected chi connectivity index (χ1v) is 4.64. The quantitative estimate of drug-likeness (QED) is 0.326. The molecule has 0 atom stereocenters. The van der Waals surface area contributed by atoms with Gasteiger partial charge in [-0.3, -0.25) is 4.79 Å². The van der Waals surface area contributed by atoms with Crippen LogP contribution in [-0.4, -0.2) is 35.9 Å². The second-order valence-corrected chi connectivity index (χ2v) is 3.55. The molecule has 1 aliphatic heterocycles. The van der Waals surface area contributed by atoms with Gasteiger partial charge in [-0.1, -0.05) is 0 Å². The van der Waals surface area contributed by atoms with Gasteiger partial charge in [-0.05, 0) is 13.0 Å². The van der Waals surface area contributed by atoms with E-state index in [9.17, 15) is 14.7 Å². The monoisotopic (exact) mass is 223 g/mol. The maximum absolute atomic E-state index is 11.5. The van der Waals surface area contributed by atoms with E-state index in [0.717, 1.165) is 6.08 Å². The number of ether oxygens (including phenoxy) is 1. The topological polar surface area (TPSA) is 66.8 Å². The van der Waals surface area contributed by atoms with Crippen LogP contribution in [0.2, 0.25) is 0 Å². The minimum Gasteiger partial charge on any atom is -0.507 e. The van der Waals surface area contributed by atoms with E-state index >= 15 is 0 Å². The second kappa shape index (κ2) is 4.65. The maximum atomic E-state index is 11.5. The third kappa shape index (κ3) is 2.73. The number of hydrogen-bond acceptors (Lipinski definition) is 5. The lowest BCUT2D eigenvalue weighted by Gasteiger charge is -2.12. The predicted molar refractivity (Wildman–Crippen MR) is 57.3 cm³/mol. The summed E-state index contributed by atoms with van der Waals surface area (Å²) in [6.45, 7) is 1.50. The molecule has 1 N–H and O–H groups in total. The summed E-state index contributed by atoms with van der Waals surface area (Å²) in [7, 11) is 3.50. The highest BCUT2D eigenvalue weighted by molar-refractivity contribution is 6.24. The number of rotatable bonds is 2. The van der Waals surface area contributed by atoms with Crippen molar-refractivity contribution >= 4 is 11.8 Å². The van der Waals surface area contributed by atoms with Crippen LogP contribution in [0.1, 0.15) is 6.92 Å². The molecule has 0 saturated carbocycles. The van der Waals surface area contributed by atoms with Gasteiger partial charge in [0.15, 0.2) is 5.78 Å². The Labute approximate surface area is 93.3 Å². The average Bonchev–Trinajstić information content (AvgIpc) is 2.12. The highest BCUT2D eigenvalue weighted by Crippen LogP contribution is 2.16. The van der Waals surface area contributed by atoms with Gasteiger partial charge in [0, 0.05) is 26.4 Å². The van der Waals surface area contributed by atoms with Crippen LogP contribution in [0.15, 0.2) is 35.4 Å². The van der Waals surface area contributed by atoms with Crippen LogP contribution in [-0.2, 0) is 14.3 Å². The van der Waals surface area contributed by atoms with Gasteiger partial charge in [-0.15, -0.1) is 0 Å². The van der Waals surface area contributed by atoms with E-state index in [1.165, 1.54) is 19.2 Å². The Morgan fingerprint density at radius 3 is 2.56 bits per heavy atom. The van der Waals surface area contributed by atoms with E-state index < -0.39 is 17.5 Å². The van der Waals surface area contributed by atoms with E-state index in [1.807, 2.05) is 0 Å². The summed E-state index contributed by atoms with van der Waals surface area (Å²) in [5, 5.41) is 9.57. The Morgan fingerprint density at radius 2 is 2.06 bits per heavy atom. The van der Waals surface area contributed by atoms with Gasteiger partial charge in [-0.2, -0.15) is 0 Å². The zero-order valence-electron chi connectivity index (χ0n) is 9.35. The molecular formula is C11H13NO4. The fourth-order valence-corrected chi connectivity index (χ4v) is 1.12. The molecule has 16 heavy (non-hydrogen) atoms. The lowest BCUT2D eigenvalue weighted by Crippen LogP contribution is -2.21. The van der Waals surface area contributed by atoms with E-state index in [4.69, 9.17) is 4.74 Å². The molecular weight excluding hydrogens is 210 g/mol. The fraction of sp³-hybridized carbons (Fsp3) is 0.273. The number of carbonyl (C=O) groups is 2. The van der Waals surface area contributed by atoms with Crippen LogP contribution in [0.4, 0.5) is 0 Å². The molecule has 0 fully saturated rings. The molecule has 0 aromatic rings. The molecule has 0 radical (unpaired) electrons. The van der Waals surface area contributed by atoms with Crippen molar-refractivity contribution in [1.29, 1.82) is 0 Å². The predicted octanol–water partition coefficient (Wildman–Crippen LogP) is 0.903. The second-order valence-electron chi connectivity index (χ2n) is 3.55. The molecule has 0 spiro atoms. The molecule has 0 saturated heterocycles. The lowest BCUT2D eigenvalue weighted by atomic mass is 10.1. The average molecular weight is 223 g/mol. The van der Waals surface area contributed by atoms with Crippen LogP contribution < -0.4 is 0 Å². The van der Waals surface area contributed by atoms with Crippen molar-refractivity contribution in [1.82, 2.24) is 4.90 Å². The smallest absolute Gasteiger partial charge is 0.351 e. The Kier molecular flexibility index (Phi) is 3.50. The van der Waals surface area contributed by atoms with Gasteiger partial charge in [0.1, 0.15) is 17.1 Å². The summed E-state index contributed by atoms with van der Waals surface area (Å²) in [5.74, 6) is -1.55. The summed E-state index contributed by atoms with van der Waals surface area (Å²) in [5.41, 5.74) is -0.344. The Morgan fingerprint density at radius 1 is 1.44 bits per heavy atom. The molecule has 0 amide bonds. The largest absolute Gasteiger partial charge is 0.507 e. The lowest BCUT2D eigenvalue weighted by molar-refractivity contribution is -0.137. The zero-order chi connectivity index (χ0) is 12.3. The fourth-order valence-electron chi connectivity index (χ4n) is 1.12. The first-order chi connectivity index (χ1) is 7.41. The maximum Gasteiger partial charge on any atom is 0.351 e. The van der Waals surface area contributed by atoms with Crippen molar-refractivity contribution < 1.29 is 19.4 Å². The highest BCUT2D eigenvalue weighted by Gasteiger charge is 2.27. The summed E-state index contributed by atoms with van der Waals surface area (Å²) in [6, 6.07) is 0. The first-order valence-electron chi connectivity index (χ1n) is 4.64. The van der Waals surface area contributed by atoms with Crippen LogP contribution in [0.5, 0.6) is 0 Å². The highest BCUT2D eigenvalue weighted by atomic mass is 16.5.